The summed E-state index contributed by atoms with van der Waals surface area (Å²) < 4.78 is 0. The Morgan fingerprint density at radius 2 is 2.12 bits per heavy atom. The van der Waals surface area contributed by atoms with Crippen molar-refractivity contribution in [3.63, 3.8) is 0 Å². The van der Waals surface area contributed by atoms with E-state index in [4.69, 9.17) is 5.73 Å². The molecule has 1 aromatic rings. The Bertz CT molecular complexity index is 284. The summed E-state index contributed by atoms with van der Waals surface area (Å²) in [6.45, 7) is 7.14. The van der Waals surface area contributed by atoms with Gasteiger partial charge in [0.25, 0.3) is 0 Å². The van der Waals surface area contributed by atoms with Crippen molar-refractivity contribution in [2.45, 2.75) is 20.4 Å². The van der Waals surface area contributed by atoms with Gasteiger partial charge in [-0.15, -0.1) is 0 Å². The van der Waals surface area contributed by atoms with Crippen molar-refractivity contribution in [1.82, 2.24) is 9.88 Å². The Balaban J connectivity index is 2.44. The van der Waals surface area contributed by atoms with E-state index in [0.717, 1.165) is 25.3 Å². The Morgan fingerprint density at radius 1 is 1.38 bits per heavy atom. The molecule has 1 rings (SSSR count). The fourth-order valence-electron chi connectivity index (χ4n) is 1.79. The van der Waals surface area contributed by atoms with Crippen LogP contribution in [0.3, 0.4) is 0 Å². The van der Waals surface area contributed by atoms with Gasteiger partial charge < -0.3 is 10.6 Å². The highest BCUT2D eigenvalue weighted by Gasteiger charge is 2.14. The summed E-state index contributed by atoms with van der Waals surface area (Å²) in [6, 6.07) is 6.03. The molecule has 1 heterocycles. The third-order valence-corrected chi connectivity index (χ3v) is 2.95. The van der Waals surface area contributed by atoms with Crippen LogP contribution in [-0.2, 0) is 6.54 Å². The number of nitrogens with zero attached hydrogens (tertiary/aromatic N) is 2. The predicted octanol–water partition coefficient (Wildman–Crippen LogP) is 1.74. The van der Waals surface area contributed by atoms with Gasteiger partial charge in [0.2, 0.25) is 0 Å². The van der Waals surface area contributed by atoms with Gasteiger partial charge in [0.15, 0.2) is 0 Å². The average molecular weight is 221 g/mol. The number of pyridine rings is 1. The lowest BCUT2D eigenvalue weighted by Crippen LogP contribution is -2.33. The van der Waals surface area contributed by atoms with Crippen LogP contribution < -0.4 is 5.73 Å². The lowest BCUT2D eigenvalue weighted by molar-refractivity contribution is 0.232. The van der Waals surface area contributed by atoms with Crippen LogP contribution in [0.4, 0.5) is 0 Å². The second-order valence-corrected chi connectivity index (χ2v) is 4.76. The zero-order valence-electron chi connectivity index (χ0n) is 10.6. The van der Waals surface area contributed by atoms with Gasteiger partial charge in [-0.25, -0.2) is 0 Å². The zero-order chi connectivity index (χ0) is 12.0. The van der Waals surface area contributed by atoms with E-state index in [-0.39, 0.29) is 0 Å². The van der Waals surface area contributed by atoms with E-state index < -0.39 is 0 Å². The van der Waals surface area contributed by atoms with Crippen LogP contribution in [0.5, 0.6) is 0 Å². The first-order valence-corrected chi connectivity index (χ1v) is 5.92. The van der Waals surface area contributed by atoms with E-state index in [2.05, 4.69) is 36.8 Å². The van der Waals surface area contributed by atoms with Crippen LogP contribution in [0.25, 0.3) is 0 Å². The monoisotopic (exact) mass is 221 g/mol. The minimum atomic E-state index is 0.564. The van der Waals surface area contributed by atoms with E-state index in [1.54, 1.807) is 0 Å². The number of hydrogen-bond donors (Lipinski definition) is 1. The first-order valence-electron chi connectivity index (χ1n) is 5.92. The van der Waals surface area contributed by atoms with Crippen molar-refractivity contribution < 1.29 is 0 Å². The Labute approximate surface area is 98.7 Å². The summed E-state index contributed by atoms with van der Waals surface area (Å²) in [4.78, 5) is 6.62. The normalized spacial score (nSPS) is 13.4. The van der Waals surface area contributed by atoms with Crippen LogP contribution in [-0.4, -0.2) is 30.0 Å². The molecule has 0 radical (unpaired) electrons. The first kappa shape index (κ1) is 13.1. The summed E-state index contributed by atoms with van der Waals surface area (Å²) in [5, 5.41) is 0. The number of rotatable bonds is 6. The Kier molecular flexibility index (Phi) is 5.43. The van der Waals surface area contributed by atoms with Crippen LogP contribution in [0.2, 0.25) is 0 Å². The molecule has 1 atom stereocenters. The smallest absolute Gasteiger partial charge is 0.0543 e. The van der Waals surface area contributed by atoms with Crippen molar-refractivity contribution in [3.8, 4) is 0 Å². The van der Waals surface area contributed by atoms with Gasteiger partial charge in [-0.1, -0.05) is 19.9 Å². The van der Waals surface area contributed by atoms with E-state index in [1.807, 2.05) is 18.3 Å². The molecule has 0 saturated carbocycles. The molecule has 3 heteroatoms. The van der Waals surface area contributed by atoms with Crippen LogP contribution in [0.15, 0.2) is 24.4 Å². The summed E-state index contributed by atoms with van der Waals surface area (Å²) in [7, 11) is 2.12. The highest BCUT2D eigenvalue weighted by atomic mass is 15.1. The molecule has 0 spiro atoms. The molecule has 0 saturated heterocycles. The number of hydrogen-bond acceptors (Lipinski definition) is 3. The third kappa shape index (κ3) is 4.29. The largest absolute Gasteiger partial charge is 0.330 e. The average Bonchev–Trinajstić information content (AvgIpc) is 2.27. The molecule has 0 aliphatic carbocycles. The summed E-state index contributed by atoms with van der Waals surface area (Å²) in [5.41, 5.74) is 6.89. The van der Waals surface area contributed by atoms with Gasteiger partial charge in [-0.3, -0.25) is 4.98 Å². The molecule has 2 N–H and O–H groups in total. The molecule has 0 aromatic carbocycles. The zero-order valence-corrected chi connectivity index (χ0v) is 10.6. The molecular weight excluding hydrogens is 198 g/mol. The van der Waals surface area contributed by atoms with Crippen LogP contribution in [0.1, 0.15) is 19.5 Å². The van der Waals surface area contributed by atoms with Crippen LogP contribution >= 0.6 is 0 Å². The van der Waals surface area contributed by atoms with Crippen molar-refractivity contribution in [1.29, 1.82) is 0 Å². The number of nitrogens with two attached hydrogens (primary N) is 1. The first-order chi connectivity index (χ1) is 7.63. The second-order valence-electron chi connectivity index (χ2n) is 4.76. The highest BCUT2D eigenvalue weighted by molar-refractivity contribution is 5.03. The molecule has 0 aliphatic rings. The summed E-state index contributed by atoms with van der Waals surface area (Å²) >= 11 is 0. The maximum Gasteiger partial charge on any atom is 0.0543 e. The Hall–Kier alpha value is -0.930. The maximum absolute atomic E-state index is 5.77. The molecule has 1 aromatic heterocycles. The fourth-order valence-corrected chi connectivity index (χ4v) is 1.79. The molecule has 90 valence electrons. The lowest BCUT2D eigenvalue weighted by atomic mass is 9.95. The van der Waals surface area contributed by atoms with E-state index in [9.17, 15) is 0 Å². The van der Waals surface area contributed by atoms with Crippen molar-refractivity contribution in [2.75, 3.05) is 20.1 Å². The highest BCUT2D eigenvalue weighted by Crippen LogP contribution is 2.11. The molecule has 0 fully saturated rings. The molecule has 0 bridgehead atoms. The van der Waals surface area contributed by atoms with Gasteiger partial charge in [0, 0.05) is 19.3 Å². The van der Waals surface area contributed by atoms with Gasteiger partial charge in [-0.05, 0) is 37.6 Å². The molecule has 0 amide bonds. The second kappa shape index (κ2) is 6.61. The van der Waals surface area contributed by atoms with Gasteiger partial charge in [0.05, 0.1) is 5.69 Å². The van der Waals surface area contributed by atoms with Crippen molar-refractivity contribution in [3.05, 3.63) is 30.1 Å². The van der Waals surface area contributed by atoms with Gasteiger partial charge in [0.1, 0.15) is 0 Å². The fraction of sp³-hybridized carbons (Fsp3) is 0.615. The molecule has 3 nitrogen and oxygen atoms in total. The predicted molar refractivity (Wildman–Crippen MR) is 68.0 cm³/mol. The van der Waals surface area contributed by atoms with E-state index >= 15 is 0 Å². The van der Waals surface area contributed by atoms with Gasteiger partial charge >= 0.3 is 0 Å². The molecule has 1 unspecified atom stereocenters. The van der Waals surface area contributed by atoms with Gasteiger partial charge in [-0.2, -0.15) is 0 Å². The van der Waals surface area contributed by atoms with Crippen LogP contribution in [0, 0.1) is 11.8 Å². The molecule has 16 heavy (non-hydrogen) atoms. The van der Waals surface area contributed by atoms with Crippen molar-refractivity contribution >= 4 is 0 Å². The summed E-state index contributed by atoms with van der Waals surface area (Å²) in [6.07, 6.45) is 1.84. The standard InChI is InChI=1S/C13H23N3/c1-11(2)12(8-14)9-16(3)10-13-6-4-5-7-15-13/h4-7,11-12H,8-10,14H2,1-3H3. The lowest BCUT2D eigenvalue weighted by Gasteiger charge is -2.25. The molecular formula is C13H23N3. The Morgan fingerprint density at radius 3 is 2.62 bits per heavy atom. The molecule has 0 aliphatic heterocycles. The van der Waals surface area contributed by atoms with E-state index in [0.29, 0.717) is 11.8 Å². The maximum atomic E-state index is 5.77. The van der Waals surface area contributed by atoms with E-state index in [1.165, 1.54) is 0 Å². The summed E-state index contributed by atoms with van der Waals surface area (Å²) in [5.74, 6) is 1.20. The SMILES string of the molecule is CC(C)C(CN)CN(C)Cc1ccccn1. The quantitative estimate of drug-likeness (QED) is 0.795. The minimum Gasteiger partial charge on any atom is -0.330 e. The minimum absolute atomic E-state index is 0.564. The number of aromatic nitrogens is 1. The topological polar surface area (TPSA) is 42.1 Å². The van der Waals surface area contributed by atoms with Crippen molar-refractivity contribution in [2.24, 2.45) is 17.6 Å². The third-order valence-electron chi connectivity index (χ3n) is 2.95.